The zero-order valence-corrected chi connectivity index (χ0v) is 26.0. The van der Waals surface area contributed by atoms with Crippen LogP contribution in [-0.4, -0.2) is 65.2 Å². The van der Waals surface area contributed by atoms with E-state index in [2.05, 4.69) is 15.4 Å². The molecule has 0 aromatic heterocycles. The van der Waals surface area contributed by atoms with Gasteiger partial charge in [-0.1, -0.05) is 45.4 Å². The topological polar surface area (TPSA) is 125 Å². The summed E-state index contributed by atoms with van der Waals surface area (Å²) in [7, 11) is 0. The van der Waals surface area contributed by atoms with E-state index in [1.807, 2.05) is 31.2 Å². The number of halogens is 3. The fourth-order valence-electron chi connectivity index (χ4n) is 4.72. The van der Waals surface area contributed by atoms with Gasteiger partial charge in [-0.2, -0.15) is 13.2 Å². The third kappa shape index (κ3) is 8.84. The Balaban J connectivity index is 1.65. The van der Waals surface area contributed by atoms with Crippen molar-refractivity contribution in [3.8, 4) is 0 Å². The van der Waals surface area contributed by atoms with E-state index in [4.69, 9.17) is 0 Å². The molecule has 1 heterocycles. The second-order valence-corrected chi connectivity index (χ2v) is 12.3. The first kappa shape index (κ1) is 34.6. The van der Waals surface area contributed by atoms with Gasteiger partial charge in [0.2, 0.25) is 11.8 Å². The maximum absolute atomic E-state index is 13.6. The molecule has 1 saturated heterocycles. The zero-order chi connectivity index (χ0) is 32.8. The molecule has 0 bridgehead atoms. The standard InChI is InChI=1S/C31H37F3N4O5S/c1-17(2)24(26(39)31(32,33)34)35-29(42)23-7-6-16-38(23)30(43)25(18(3)4)36-27(40)20-10-12-21(13-11-20)28(41)37-44-22-14-8-19(5)9-15-22/h8-15,17-18,23-25H,6-7,16H2,1-5H3,(H,35,42)(H,36,40)(H,37,41). The molecule has 1 aliphatic heterocycles. The summed E-state index contributed by atoms with van der Waals surface area (Å²) in [5.74, 6) is -5.62. The van der Waals surface area contributed by atoms with Crippen LogP contribution in [0.1, 0.15) is 66.8 Å². The number of aryl methyl sites for hydroxylation is 1. The van der Waals surface area contributed by atoms with Gasteiger partial charge in [-0.3, -0.25) is 28.7 Å². The minimum absolute atomic E-state index is 0.167. The van der Waals surface area contributed by atoms with E-state index in [1.165, 1.54) is 43.0 Å². The number of rotatable bonds is 11. The van der Waals surface area contributed by atoms with Gasteiger partial charge >= 0.3 is 6.18 Å². The number of Topliss-reactive ketones (excluding diaryl/α,β-unsaturated/α-hetero) is 1. The fourth-order valence-corrected chi connectivity index (χ4v) is 5.32. The second-order valence-electron chi connectivity index (χ2n) is 11.4. The van der Waals surface area contributed by atoms with E-state index in [-0.39, 0.29) is 24.4 Å². The molecule has 3 rings (SSSR count). The quantitative estimate of drug-likeness (QED) is 0.314. The van der Waals surface area contributed by atoms with Gasteiger partial charge < -0.3 is 15.5 Å². The van der Waals surface area contributed by atoms with Crippen molar-refractivity contribution >= 4 is 41.4 Å². The lowest BCUT2D eigenvalue weighted by molar-refractivity contribution is -0.175. The van der Waals surface area contributed by atoms with Crippen LogP contribution in [0.25, 0.3) is 0 Å². The van der Waals surface area contributed by atoms with Crippen molar-refractivity contribution in [1.29, 1.82) is 0 Å². The van der Waals surface area contributed by atoms with Crippen LogP contribution in [0.3, 0.4) is 0 Å². The van der Waals surface area contributed by atoms with E-state index in [0.717, 1.165) is 22.4 Å². The van der Waals surface area contributed by atoms with Crippen LogP contribution in [0.15, 0.2) is 53.4 Å². The van der Waals surface area contributed by atoms with Gasteiger partial charge in [-0.25, -0.2) is 0 Å². The first-order valence-corrected chi connectivity index (χ1v) is 15.1. The van der Waals surface area contributed by atoms with Crippen LogP contribution in [0.4, 0.5) is 13.2 Å². The van der Waals surface area contributed by atoms with Gasteiger partial charge in [-0.15, -0.1) is 0 Å². The Morgan fingerprint density at radius 3 is 1.89 bits per heavy atom. The first-order chi connectivity index (χ1) is 20.6. The Morgan fingerprint density at radius 2 is 1.36 bits per heavy atom. The van der Waals surface area contributed by atoms with Crippen LogP contribution >= 0.6 is 11.9 Å². The van der Waals surface area contributed by atoms with Crippen LogP contribution in [-0.2, 0) is 14.4 Å². The Bertz CT molecular complexity index is 1360. The van der Waals surface area contributed by atoms with Gasteiger partial charge in [0.05, 0.1) is 6.04 Å². The number of nitrogens with one attached hydrogen (secondary N) is 3. The predicted octanol–water partition coefficient (Wildman–Crippen LogP) is 4.45. The lowest BCUT2D eigenvalue weighted by Gasteiger charge is -2.32. The number of amides is 4. The van der Waals surface area contributed by atoms with E-state index >= 15 is 0 Å². The number of nitrogens with zero attached hydrogens (tertiary/aromatic N) is 1. The molecule has 4 amide bonds. The maximum Gasteiger partial charge on any atom is 0.452 e. The molecule has 3 unspecified atom stereocenters. The molecule has 3 atom stereocenters. The average molecular weight is 635 g/mol. The van der Waals surface area contributed by atoms with Gasteiger partial charge in [0, 0.05) is 22.6 Å². The Morgan fingerprint density at radius 1 is 0.818 bits per heavy atom. The van der Waals surface area contributed by atoms with Gasteiger partial charge in [0.1, 0.15) is 12.1 Å². The van der Waals surface area contributed by atoms with Crippen LogP contribution < -0.4 is 15.4 Å². The summed E-state index contributed by atoms with van der Waals surface area (Å²) < 4.78 is 42.0. The number of carbonyl (C=O) groups excluding carboxylic acids is 5. The summed E-state index contributed by atoms with van der Waals surface area (Å²) in [4.78, 5) is 66.2. The predicted molar refractivity (Wildman–Crippen MR) is 160 cm³/mol. The minimum atomic E-state index is -5.12. The van der Waals surface area contributed by atoms with Crippen molar-refractivity contribution in [2.75, 3.05) is 6.54 Å². The lowest BCUT2D eigenvalue weighted by Crippen LogP contribution is -2.58. The third-order valence-electron chi connectivity index (χ3n) is 7.28. The molecule has 0 radical (unpaired) electrons. The van der Waals surface area contributed by atoms with E-state index in [9.17, 15) is 37.1 Å². The van der Waals surface area contributed by atoms with Crippen molar-refractivity contribution in [3.05, 3.63) is 65.2 Å². The smallest absolute Gasteiger partial charge is 0.344 e. The molecule has 1 aliphatic rings. The largest absolute Gasteiger partial charge is 0.452 e. The molecular weight excluding hydrogens is 597 g/mol. The molecule has 1 fully saturated rings. The maximum atomic E-state index is 13.6. The molecule has 2 aromatic rings. The molecule has 3 N–H and O–H groups in total. The van der Waals surface area contributed by atoms with Crippen LogP contribution in [0.2, 0.25) is 0 Å². The molecule has 44 heavy (non-hydrogen) atoms. The van der Waals surface area contributed by atoms with Crippen molar-refractivity contribution in [1.82, 2.24) is 20.3 Å². The molecule has 238 valence electrons. The summed E-state index contributed by atoms with van der Waals surface area (Å²) >= 11 is 1.16. The summed E-state index contributed by atoms with van der Waals surface area (Å²) in [6, 6.07) is 9.60. The number of carbonyl (C=O) groups is 5. The van der Waals surface area contributed by atoms with E-state index < -0.39 is 59.6 Å². The van der Waals surface area contributed by atoms with E-state index in [1.54, 1.807) is 13.8 Å². The molecule has 0 aliphatic carbocycles. The van der Waals surface area contributed by atoms with Crippen molar-refractivity contribution < 1.29 is 37.1 Å². The molecule has 0 spiro atoms. The normalized spacial score (nSPS) is 16.4. The second kappa shape index (κ2) is 14.7. The summed E-state index contributed by atoms with van der Waals surface area (Å²) in [5.41, 5.74) is 1.62. The van der Waals surface area contributed by atoms with Crippen LogP contribution in [0.5, 0.6) is 0 Å². The van der Waals surface area contributed by atoms with Crippen LogP contribution in [0, 0.1) is 18.8 Å². The number of ketones is 1. The number of alkyl halides is 3. The fraction of sp³-hybridized carbons (Fsp3) is 0.452. The Kier molecular flexibility index (Phi) is 11.6. The molecular formula is C31H37F3N4O5S. The number of hydrogen-bond donors (Lipinski definition) is 3. The molecule has 9 nitrogen and oxygen atoms in total. The molecule has 0 saturated carbocycles. The van der Waals surface area contributed by atoms with Gasteiger partial charge in [0.25, 0.3) is 17.6 Å². The monoisotopic (exact) mass is 634 g/mol. The number of benzene rings is 2. The van der Waals surface area contributed by atoms with Crippen molar-refractivity contribution in [3.63, 3.8) is 0 Å². The Hall–Kier alpha value is -3.87. The highest BCUT2D eigenvalue weighted by Crippen LogP contribution is 2.24. The van der Waals surface area contributed by atoms with Crippen molar-refractivity contribution in [2.24, 2.45) is 11.8 Å². The van der Waals surface area contributed by atoms with Gasteiger partial charge in [0.15, 0.2) is 0 Å². The molecule has 13 heteroatoms. The van der Waals surface area contributed by atoms with Gasteiger partial charge in [-0.05, 0) is 79.9 Å². The SMILES string of the molecule is Cc1ccc(SNC(=O)c2ccc(C(=O)NC(C(=O)N3CCCC3C(=O)NC(C(=O)C(F)(F)F)C(C)C)C(C)C)cc2)cc1. The van der Waals surface area contributed by atoms with E-state index in [0.29, 0.717) is 12.0 Å². The summed E-state index contributed by atoms with van der Waals surface area (Å²) in [5, 5.41) is 4.89. The minimum Gasteiger partial charge on any atom is -0.344 e. The lowest BCUT2D eigenvalue weighted by atomic mass is 9.98. The number of likely N-dealkylation sites (tertiary alicyclic amines) is 1. The number of hydrogen-bond acceptors (Lipinski definition) is 6. The average Bonchev–Trinajstić information content (AvgIpc) is 3.47. The molecule has 2 aromatic carbocycles. The zero-order valence-electron chi connectivity index (χ0n) is 25.2. The highest BCUT2D eigenvalue weighted by molar-refractivity contribution is 7.98. The first-order valence-electron chi connectivity index (χ1n) is 14.3. The Labute approximate surface area is 258 Å². The highest BCUT2D eigenvalue weighted by atomic mass is 32.2. The van der Waals surface area contributed by atoms with Crippen molar-refractivity contribution in [2.45, 2.75) is 76.7 Å². The summed E-state index contributed by atoms with van der Waals surface area (Å²) in [6.07, 6.45) is -4.50. The highest BCUT2D eigenvalue weighted by Gasteiger charge is 2.46. The third-order valence-corrected chi connectivity index (χ3v) is 8.07. The summed E-state index contributed by atoms with van der Waals surface area (Å²) in [6.45, 7) is 8.33.